The number of hydrogen-bond donors (Lipinski definition) is 2. The van der Waals surface area contributed by atoms with Crippen molar-refractivity contribution in [2.75, 3.05) is 20.2 Å². The van der Waals surface area contributed by atoms with E-state index >= 15 is 0 Å². The summed E-state index contributed by atoms with van der Waals surface area (Å²) in [6, 6.07) is -0.379. The van der Waals surface area contributed by atoms with E-state index in [4.69, 9.17) is 5.11 Å². The Kier molecular flexibility index (Phi) is 4.97. The highest BCUT2D eigenvalue weighted by atomic mass is 16.5. The molecule has 2 N–H and O–H groups in total. The van der Waals surface area contributed by atoms with Gasteiger partial charge in [-0.15, -0.1) is 0 Å². The van der Waals surface area contributed by atoms with Gasteiger partial charge in [-0.3, -0.25) is 9.59 Å². The van der Waals surface area contributed by atoms with Gasteiger partial charge in [-0.05, 0) is 6.42 Å². The zero-order valence-corrected chi connectivity index (χ0v) is 12.3. The van der Waals surface area contributed by atoms with Gasteiger partial charge in [-0.2, -0.15) is 0 Å². The van der Waals surface area contributed by atoms with Crippen LogP contribution in [0.1, 0.15) is 27.2 Å². The van der Waals surface area contributed by atoms with Gasteiger partial charge in [0.25, 0.3) is 0 Å². The molecule has 2 amide bonds. The van der Waals surface area contributed by atoms with Crippen molar-refractivity contribution < 1.29 is 24.2 Å². The molecular formula is C13H22N2O5. The Hall–Kier alpha value is -1.79. The summed E-state index contributed by atoms with van der Waals surface area (Å²) in [5.41, 5.74) is -0.563. The average Bonchev–Trinajstić information content (AvgIpc) is 2.36. The Labute approximate surface area is 118 Å². The third kappa shape index (κ3) is 4.11. The zero-order valence-electron chi connectivity index (χ0n) is 12.3. The van der Waals surface area contributed by atoms with Gasteiger partial charge in [0, 0.05) is 24.5 Å². The molecule has 1 aliphatic rings. The third-order valence-electron chi connectivity index (χ3n) is 3.25. The number of amides is 2. The molecule has 0 aromatic rings. The summed E-state index contributed by atoms with van der Waals surface area (Å²) < 4.78 is 4.62. The molecule has 114 valence electrons. The van der Waals surface area contributed by atoms with Crippen LogP contribution in [0.15, 0.2) is 0 Å². The van der Waals surface area contributed by atoms with Gasteiger partial charge in [0.2, 0.25) is 5.91 Å². The number of rotatable bonds is 2. The number of likely N-dealkylation sites (tertiary alicyclic amines) is 1. The van der Waals surface area contributed by atoms with Crippen molar-refractivity contribution in [1.82, 2.24) is 10.2 Å². The Morgan fingerprint density at radius 2 is 1.85 bits per heavy atom. The lowest BCUT2D eigenvalue weighted by molar-refractivity contribution is -0.144. The van der Waals surface area contributed by atoms with Crippen molar-refractivity contribution in [3.63, 3.8) is 0 Å². The highest BCUT2D eigenvalue weighted by molar-refractivity contribution is 5.82. The number of hydrogen-bond acceptors (Lipinski definition) is 4. The molecule has 2 unspecified atom stereocenters. The monoisotopic (exact) mass is 286 g/mol. The van der Waals surface area contributed by atoms with Crippen LogP contribution in [0.3, 0.4) is 0 Å². The molecule has 0 aromatic heterocycles. The number of carbonyl (C=O) groups excluding carboxylic acids is 2. The molecule has 20 heavy (non-hydrogen) atoms. The van der Waals surface area contributed by atoms with Gasteiger partial charge in [0.1, 0.15) is 0 Å². The second kappa shape index (κ2) is 6.11. The van der Waals surface area contributed by atoms with Crippen LogP contribution < -0.4 is 5.32 Å². The molecule has 1 rings (SSSR count). The second-order valence-electron chi connectivity index (χ2n) is 6.07. The highest BCUT2D eigenvalue weighted by Gasteiger charge is 2.36. The Morgan fingerprint density at radius 1 is 1.25 bits per heavy atom. The number of aliphatic carboxylic acids is 1. The van der Waals surface area contributed by atoms with Gasteiger partial charge in [0.15, 0.2) is 0 Å². The second-order valence-corrected chi connectivity index (χ2v) is 6.07. The van der Waals surface area contributed by atoms with Crippen LogP contribution >= 0.6 is 0 Å². The maximum Gasteiger partial charge on any atom is 0.409 e. The molecule has 0 aliphatic carbocycles. The van der Waals surface area contributed by atoms with E-state index in [1.54, 1.807) is 20.8 Å². The van der Waals surface area contributed by atoms with E-state index in [9.17, 15) is 14.4 Å². The first kappa shape index (κ1) is 16.3. The third-order valence-corrected chi connectivity index (χ3v) is 3.25. The summed E-state index contributed by atoms with van der Waals surface area (Å²) in [6.45, 7) is 5.69. The molecule has 1 fully saturated rings. The number of methoxy groups -OCH3 is 1. The molecule has 1 heterocycles. The maximum absolute atomic E-state index is 12.0. The number of ether oxygens (including phenoxy) is 1. The lowest BCUT2D eigenvalue weighted by Gasteiger charge is -2.36. The van der Waals surface area contributed by atoms with E-state index in [1.807, 2.05) is 0 Å². The lowest BCUT2D eigenvalue weighted by Crippen LogP contribution is -2.55. The van der Waals surface area contributed by atoms with Crippen molar-refractivity contribution in [2.24, 2.45) is 11.3 Å². The van der Waals surface area contributed by atoms with E-state index < -0.39 is 23.4 Å². The van der Waals surface area contributed by atoms with Gasteiger partial charge >= 0.3 is 12.1 Å². The van der Waals surface area contributed by atoms with Crippen LogP contribution in [0.25, 0.3) is 0 Å². The predicted octanol–water partition coefficient (Wildman–Crippen LogP) is 0.690. The van der Waals surface area contributed by atoms with Crippen LogP contribution in [0.5, 0.6) is 0 Å². The number of carboxylic acid groups (broad SMARTS) is 1. The molecule has 0 radical (unpaired) electrons. The van der Waals surface area contributed by atoms with Crippen molar-refractivity contribution >= 4 is 18.0 Å². The molecule has 1 aliphatic heterocycles. The normalized spacial score (nSPS) is 23.1. The van der Waals surface area contributed by atoms with Crippen molar-refractivity contribution in [3.8, 4) is 0 Å². The van der Waals surface area contributed by atoms with Gasteiger partial charge in [-0.25, -0.2) is 4.79 Å². The van der Waals surface area contributed by atoms with Crippen LogP contribution in [0, 0.1) is 11.3 Å². The Bertz CT molecular complexity index is 402. The topological polar surface area (TPSA) is 95.9 Å². The zero-order chi connectivity index (χ0) is 15.5. The van der Waals surface area contributed by atoms with E-state index in [1.165, 1.54) is 12.0 Å². The minimum Gasteiger partial charge on any atom is -0.481 e. The fraction of sp³-hybridized carbons (Fsp3) is 0.769. The largest absolute Gasteiger partial charge is 0.481 e. The molecule has 0 aromatic carbocycles. The molecule has 1 saturated heterocycles. The van der Waals surface area contributed by atoms with Crippen LogP contribution in [-0.4, -0.2) is 54.2 Å². The number of piperidine rings is 1. The van der Waals surface area contributed by atoms with E-state index in [0.29, 0.717) is 6.42 Å². The first-order chi connectivity index (χ1) is 9.15. The molecule has 0 bridgehead atoms. The van der Waals surface area contributed by atoms with Gasteiger partial charge in [0.05, 0.1) is 13.0 Å². The van der Waals surface area contributed by atoms with E-state index in [-0.39, 0.29) is 25.0 Å². The molecule has 0 saturated carbocycles. The SMILES string of the molecule is COC(=O)N1CC(NC(=O)C(C)(C)C)CC(C(=O)O)C1. The maximum atomic E-state index is 12.0. The van der Waals surface area contributed by atoms with Crippen molar-refractivity contribution in [1.29, 1.82) is 0 Å². The van der Waals surface area contributed by atoms with Gasteiger partial charge in [-0.1, -0.05) is 20.8 Å². The minimum absolute atomic E-state index is 0.101. The molecule has 7 nitrogen and oxygen atoms in total. The summed E-state index contributed by atoms with van der Waals surface area (Å²) in [5.74, 6) is -1.85. The van der Waals surface area contributed by atoms with E-state index in [2.05, 4.69) is 10.1 Å². The lowest BCUT2D eigenvalue weighted by atomic mass is 9.91. The molecule has 7 heteroatoms. The number of carbonyl (C=O) groups is 3. The number of nitrogens with one attached hydrogen (secondary N) is 1. The standard InChI is InChI=1S/C13H22N2O5/c1-13(2,3)11(18)14-9-5-8(10(16)17)6-15(7-9)12(19)20-4/h8-9H,5-7H2,1-4H3,(H,14,18)(H,16,17). The van der Waals surface area contributed by atoms with Crippen molar-refractivity contribution in [3.05, 3.63) is 0 Å². The molecule has 0 spiro atoms. The van der Waals surface area contributed by atoms with Crippen LogP contribution in [0.4, 0.5) is 4.79 Å². The quantitative estimate of drug-likeness (QED) is 0.778. The van der Waals surface area contributed by atoms with Crippen LogP contribution in [0.2, 0.25) is 0 Å². The summed E-state index contributed by atoms with van der Waals surface area (Å²) >= 11 is 0. The van der Waals surface area contributed by atoms with Crippen molar-refractivity contribution in [2.45, 2.75) is 33.2 Å². The smallest absolute Gasteiger partial charge is 0.409 e. The molecular weight excluding hydrogens is 264 g/mol. The van der Waals surface area contributed by atoms with Crippen LogP contribution in [-0.2, 0) is 14.3 Å². The fourth-order valence-corrected chi connectivity index (χ4v) is 2.06. The summed E-state index contributed by atoms with van der Waals surface area (Å²) in [7, 11) is 1.25. The van der Waals surface area contributed by atoms with Gasteiger partial charge < -0.3 is 20.1 Å². The summed E-state index contributed by atoms with van der Waals surface area (Å²) in [5, 5.41) is 11.9. The average molecular weight is 286 g/mol. The molecule has 2 atom stereocenters. The Balaban J connectivity index is 2.77. The number of carboxylic acids is 1. The summed E-state index contributed by atoms with van der Waals surface area (Å²) in [4.78, 5) is 36.0. The Morgan fingerprint density at radius 3 is 2.30 bits per heavy atom. The summed E-state index contributed by atoms with van der Waals surface area (Å²) in [6.07, 6.45) is -0.268. The van der Waals surface area contributed by atoms with E-state index in [0.717, 1.165) is 0 Å². The highest BCUT2D eigenvalue weighted by Crippen LogP contribution is 2.20. The first-order valence-corrected chi connectivity index (χ1v) is 6.51. The predicted molar refractivity (Wildman–Crippen MR) is 71.1 cm³/mol. The first-order valence-electron chi connectivity index (χ1n) is 6.51. The fourth-order valence-electron chi connectivity index (χ4n) is 2.06. The number of nitrogens with zero attached hydrogens (tertiary/aromatic N) is 1. The minimum atomic E-state index is -0.978.